The molecular formula is C46H51N5O7. The summed E-state index contributed by atoms with van der Waals surface area (Å²) in [5, 5.41) is 28.2. The average molecular weight is 786 g/mol. The third-order valence-electron chi connectivity index (χ3n) is 12.0. The Kier molecular flexibility index (Phi) is 12.0. The first-order valence-electron chi connectivity index (χ1n) is 20.4. The number of carbonyl (C=O) groups is 2. The molecule has 5 N–H and O–H groups in total. The zero-order chi connectivity index (χ0) is 40.0. The van der Waals surface area contributed by atoms with Crippen LogP contribution in [0.15, 0.2) is 108 Å². The second-order valence-electron chi connectivity index (χ2n) is 15.8. The van der Waals surface area contributed by atoms with Crippen LogP contribution in [0.5, 0.6) is 11.5 Å². The maximum Gasteiger partial charge on any atom is 0.408 e. The number of aromatic nitrogens is 1. The lowest BCUT2D eigenvalue weighted by molar-refractivity contribution is -0.0336. The highest BCUT2D eigenvalue weighted by molar-refractivity contribution is 5.94. The number of pyridine rings is 1. The average Bonchev–Trinajstić information content (AvgIpc) is 3.26. The van der Waals surface area contributed by atoms with E-state index in [2.05, 4.69) is 20.5 Å². The summed E-state index contributed by atoms with van der Waals surface area (Å²) in [7, 11) is 0. The molecule has 9 rings (SSSR count). The third kappa shape index (κ3) is 9.20. The number of carbonyl (C=O) groups excluding carboxylic acids is 2. The van der Waals surface area contributed by atoms with Gasteiger partial charge in [0.05, 0.1) is 17.7 Å². The molecule has 2 unspecified atom stereocenters. The molecule has 302 valence electrons. The summed E-state index contributed by atoms with van der Waals surface area (Å²) >= 11 is 0. The van der Waals surface area contributed by atoms with Crippen LogP contribution in [0.2, 0.25) is 0 Å². The lowest BCUT2D eigenvalue weighted by atomic mass is 9.86. The smallest absolute Gasteiger partial charge is 0.408 e. The highest BCUT2D eigenvalue weighted by Gasteiger charge is 2.37. The Labute approximate surface area is 337 Å². The fourth-order valence-electron chi connectivity index (χ4n) is 8.64. The molecule has 0 spiro atoms. The number of phenolic OH excluding ortho intramolecular Hbond substituents is 1. The molecule has 4 saturated heterocycles. The van der Waals surface area contributed by atoms with E-state index < -0.39 is 18.2 Å². The highest BCUT2D eigenvalue weighted by atomic mass is 16.6. The van der Waals surface area contributed by atoms with E-state index in [1.807, 2.05) is 83.8 Å². The largest absolute Gasteiger partial charge is 0.506 e. The van der Waals surface area contributed by atoms with Crippen molar-refractivity contribution in [3.63, 3.8) is 0 Å². The van der Waals surface area contributed by atoms with Gasteiger partial charge in [-0.2, -0.15) is 0 Å². The molecule has 12 heteroatoms. The van der Waals surface area contributed by atoms with Crippen molar-refractivity contribution in [1.29, 1.82) is 0 Å². The summed E-state index contributed by atoms with van der Waals surface area (Å²) in [6, 6.07) is 30.9. The van der Waals surface area contributed by atoms with Gasteiger partial charge in [0, 0.05) is 43.2 Å². The van der Waals surface area contributed by atoms with Crippen LogP contribution in [-0.2, 0) is 11.3 Å². The van der Waals surface area contributed by atoms with Crippen molar-refractivity contribution in [1.82, 2.24) is 25.4 Å². The summed E-state index contributed by atoms with van der Waals surface area (Å²) in [6.07, 6.45) is 2.53. The maximum atomic E-state index is 13.4. The first kappa shape index (κ1) is 39.2. The Morgan fingerprint density at radius 3 is 2.34 bits per heavy atom. The number of piperidine rings is 4. The number of H-pyrrole nitrogens is 1. The molecule has 2 bridgehead atoms. The zero-order valence-electron chi connectivity index (χ0n) is 32.5. The molecule has 58 heavy (non-hydrogen) atoms. The lowest BCUT2D eigenvalue weighted by Crippen LogP contribution is -2.52. The number of hydrogen-bond donors (Lipinski definition) is 5. The van der Waals surface area contributed by atoms with Crippen LogP contribution in [0.3, 0.4) is 0 Å². The number of aliphatic hydroxyl groups is 1. The van der Waals surface area contributed by atoms with Crippen LogP contribution >= 0.6 is 0 Å². The number of ether oxygens (including phenoxy) is 2. The number of hydrogen-bond acceptors (Lipinski definition) is 9. The van der Waals surface area contributed by atoms with E-state index in [-0.39, 0.29) is 23.3 Å². The summed E-state index contributed by atoms with van der Waals surface area (Å²) in [4.78, 5) is 45.3. The van der Waals surface area contributed by atoms with Gasteiger partial charge >= 0.3 is 6.09 Å². The van der Waals surface area contributed by atoms with E-state index >= 15 is 0 Å². The number of alkyl carbamates (subject to hydrolysis) is 1. The van der Waals surface area contributed by atoms with Crippen LogP contribution in [0.4, 0.5) is 4.79 Å². The summed E-state index contributed by atoms with van der Waals surface area (Å²) in [6.45, 7) is 5.62. The predicted octanol–water partition coefficient (Wildman–Crippen LogP) is 5.90. The SMILES string of the molecule is O=C(N[C@@H](c1ccccc1)c1cccc(OCc2ccc(C(=O)N3CCC(CNCC(O)c4ccc(O)c5[nH]c(=O)ccc45)CC3)cc2)c1)OC1CN2CCC1CC2. The minimum absolute atomic E-state index is 0.00531. The first-order valence-corrected chi connectivity index (χ1v) is 20.4. The van der Waals surface area contributed by atoms with Crippen molar-refractivity contribution in [2.75, 3.05) is 45.8 Å². The first-order chi connectivity index (χ1) is 28.3. The van der Waals surface area contributed by atoms with E-state index in [4.69, 9.17) is 9.47 Å². The molecule has 4 aliphatic rings. The number of rotatable bonds is 13. The van der Waals surface area contributed by atoms with Gasteiger partial charge in [0.1, 0.15) is 24.2 Å². The van der Waals surface area contributed by atoms with Crippen LogP contribution < -0.4 is 20.9 Å². The second-order valence-corrected chi connectivity index (χ2v) is 15.8. The normalized spacial score (nSPS) is 20.4. The number of benzene rings is 4. The van der Waals surface area contributed by atoms with Crippen molar-refractivity contribution in [2.24, 2.45) is 11.8 Å². The minimum atomic E-state index is -0.819. The van der Waals surface area contributed by atoms with Crippen molar-refractivity contribution < 1.29 is 29.3 Å². The maximum absolute atomic E-state index is 13.4. The number of amides is 2. The summed E-state index contributed by atoms with van der Waals surface area (Å²) in [5.41, 5.74) is 4.02. The monoisotopic (exact) mass is 785 g/mol. The molecular weight excluding hydrogens is 735 g/mol. The van der Waals surface area contributed by atoms with Crippen LogP contribution in [-0.4, -0.2) is 88.9 Å². The van der Waals surface area contributed by atoms with Gasteiger partial charge in [-0.1, -0.05) is 60.7 Å². The van der Waals surface area contributed by atoms with E-state index in [0.29, 0.717) is 72.4 Å². The molecule has 12 nitrogen and oxygen atoms in total. The fourth-order valence-corrected chi connectivity index (χ4v) is 8.64. The lowest BCUT2D eigenvalue weighted by Gasteiger charge is -2.43. The van der Waals surface area contributed by atoms with Gasteiger partial charge in [-0.15, -0.1) is 0 Å². The molecule has 4 aliphatic heterocycles. The predicted molar refractivity (Wildman–Crippen MR) is 221 cm³/mol. The number of aromatic hydroxyl groups is 1. The standard InChI is InChI=1S/C46H51N5O7/c52-39-15-13-37(38-14-16-42(54)48-44(38)39)40(53)27-47-26-30-17-23-51(24-18-30)45(55)34-11-9-31(10-12-34)29-57-36-8-4-7-35(25-36)43(33-5-2-1-3-6-33)49-46(56)58-41-28-50-21-19-32(41)20-22-50/h1-16,25,30,32,40-41,43,47,52-53H,17-24,26-29H2,(H,48,54)(H,49,56)/t40?,41?,43-/m0/s1. The van der Waals surface area contributed by atoms with Crippen LogP contribution in [0.1, 0.15) is 70.4 Å². The van der Waals surface area contributed by atoms with Crippen molar-refractivity contribution >= 4 is 22.9 Å². The molecule has 3 atom stereocenters. The van der Waals surface area contributed by atoms with Gasteiger partial charge in [0.25, 0.3) is 5.91 Å². The number of aliphatic hydroxyl groups excluding tert-OH is 1. The van der Waals surface area contributed by atoms with Gasteiger partial charge in [-0.05, 0) is 116 Å². The van der Waals surface area contributed by atoms with Gasteiger partial charge in [0.2, 0.25) is 5.56 Å². The van der Waals surface area contributed by atoms with E-state index in [0.717, 1.165) is 62.0 Å². The van der Waals surface area contributed by atoms with Gasteiger partial charge in [-0.3, -0.25) is 14.5 Å². The molecule has 0 radical (unpaired) electrons. The molecule has 4 aromatic carbocycles. The van der Waals surface area contributed by atoms with Gasteiger partial charge < -0.3 is 40.2 Å². The Morgan fingerprint density at radius 2 is 1.60 bits per heavy atom. The number of phenols is 1. The number of fused-ring (bicyclic) bond motifs is 4. The number of likely N-dealkylation sites (tertiary alicyclic amines) is 1. The molecule has 0 aliphatic carbocycles. The van der Waals surface area contributed by atoms with Crippen molar-refractivity contribution in [2.45, 2.75) is 50.5 Å². The topological polar surface area (TPSA) is 156 Å². The quantitative estimate of drug-likeness (QED) is 0.0982. The second kappa shape index (κ2) is 17.8. The molecule has 5 heterocycles. The highest BCUT2D eigenvalue weighted by Crippen LogP contribution is 2.32. The molecule has 1 aromatic heterocycles. The molecule has 4 fully saturated rings. The number of nitrogens with zero attached hydrogens (tertiary/aromatic N) is 2. The van der Waals surface area contributed by atoms with Crippen molar-refractivity contribution in [3.8, 4) is 11.5 Å². The van der Waals surface area contributed by atoms with Crippen LogP contribution in [0.25, 0.3) is 10.9 Å². The van der Waals surface area contributed by atoms with Crippen LogP contribution in [0, 0.1) is 11.8 Å². The summed E-state index contributed by atoms with van der Waals surface area (Å²) in [5.74, 6) is 1.43. The molecule has 5 aromatic rings. The molecule has 0 saturated carbocycles. The van der Waals surface area contributed by atoms with E-state index in [1.165, 1.54) is 12.1 Å². The Morgan fingerprint density at radius 1 is 0.845 bits per heavy atom. The Balaban J connectivity index is 0.806. The number of nitrogens with one attached hydrogen (secondary N) is 3. The minimum Gasteiger partial charge on any atom is -0.506 e. The fraction of sp³-hybridized carbons (Fsp3) is 0.370. The van der Waals surface area contributed by atoms with E-state index in [1.54, 1.807) is 12.1 Å². The van der Waals surface area contributed by atoms with Gasteiger partial charge in [-0.25, -0.2) is 4.79 Å². The third-order valence-corrected chi connectivity index (χ3v) is 12.0. The Bertz CT molecular complexity index is 2250. The summed E-state index contributed by atoms with van der Waals surface area (Å²) < 4.78 is 12.2. The van der Waals surface area contributed by atoms with E-state index in [9.17, 15) is 24.6 Å². The van der Waals surface area contributed by atoms with Gasteiger partial charge in [0.15, 0.2) is 0 Å². The Hall–Kier alpha value is -5.69. The molecule has 2 amide bonds. The number of aromatic amines is 1. The zero-order valence-corrected chi connectivity index (χ0v) is 32.5. The van der Waals surface area contributed by atoms with Crippen molar-refractivity contribution in [3.05, 3.63) is 141 Å².